The van der Waals surface area contributed by atoms with Crippen molar-refractivity contribution in [3.8, 4) is 33.9 Å². The Morgan fingerprint density at radius 1 is 0.409 bits per heavy atom. The van der Waals surface area contributed by atoms with Gasteiger partial charge in [0, 0.05) is 17.5 Å². The minimum absolute atomic E-state index is 0.605. The van der Waals surface area contributed by atoms with Crippen molar-refractivity contribution in [3.05, 3.63) is 175 Å². The minimum atomic E-state index is -2.65. The van der Waals surface area contributed by atoms with Gasteiger partial charge in [-0.15, -0.1) is 0 Å². The third-order valence-electron chi connectivity index (χ3n) is 8.65. The standard InChI is InChI=1S/C40H29N3Si/c1-5-16-29(17-6-1)39-41-37(42-40(43-39)30-18-7-2-8-19-30)28-31-20-15-26-35-34-25-13-14-27-36(34)44(38(31)35,32-21-9-3-10-22-32)33-23-11-4-12-24-33/h1-27H,28H2. The first kappa shape index (κ1) is 26.2. The zero-order valence-corrected chi connectivity index (χ0v) is 25.1. The second-order valence-electron chi connectivity index (χ2n) is 11.2. The summed E-state index contributed by atoms with van der Waals surface area (Å²) in [7, 11) is -2.65. The third-order valence-corrected chi connectivity index (χ3v) is 13.6. The first-order valence-electron chi connectivity index (χ1n) is 15.0. The molecule has 1 aliphatic rings. The monoisotopic (exact) mass is 579 g/mol. The highest BCUT2D eigenvalue weighted by Crippen LogP contribution is 2.31. The van der Waals surface area contributed by atoms with Gasteiger partial charge in [-0.05, 0) is 37.4 Å². The Hall–Kier alpha value is -5.45. The summed E-state index contributed by atoms with van der Waals surface area (Å²) < 4.78 is 0. The maximum atomic E-state index is 5.09. The number of aromatic nitrogens is 3. The molecule has 0 atom stereocenters. The van der Waals surface area contributed by atoms with Gasteiger partial charge in [0.05, 0.1) is 0 Å². The highest BCUT2D eigenvalue weighted by Gasteiger charge is 2.49. The number of hydrogen-bond acceptors (Lipinski definition) is 3. The highest BCUT2D eigenvalue weighted by molar-refractivity contribution is 7.22. The van der Waals surface area contributed by atoms with Crippen molar-refractivity contribution in [2.75, 3.05) is 0 Å². The Bertz CT molecular complexity index is 1980. The van der Waals surface area contributed by atoms with Crippen LogP contribution in [0.15, 0.2) is 164 Å². The van der Waals surface area contributed by atoms with Crippen LogP contribution < -0.4 is 20.7 Å². The highest BCUT2D eigenvalue weighted by atomic mass is 28.3. The first-order valence-corrected chi connectivity index (χ1v) is 17.0. The lowest BCUT2D eigenvalue weighted by Crippen LogP contribution is -2.73. The lowest BCUT2D eigenvalue weighted by Gasteiger charge is -2.32. The lowest BCUT2D eigenvalue weighted by molar-refractivity contribution is 0.935. The van der Waals surface area contributed by atoms with Crippen molar-refractivity contribution in [1.82, 2.24) is 15.0 Å². The van der Waals surface area contributed by atoms with Gasteiger partial charge in [0.2, 0.25) is 0 Å². The number of fused-ring (bicyclic) bond motifs is 3. The number of nitrogens with zero attached hydrogens (tertiary/aromatic N) is 3. The molecule has 0 saturated carbocycles. The Kier molecular flexibility index (Phi) is 6.54. The van der Waals surface area contributed by atoms with Crippen molar-refractivity contribution in [3.63, 3.8) is 0 Å². The summed E-state index contributed by atoms with van der Waals surface area (Å²) in [6.07, 6.45) is 0.605. The first-order chi connectivity index (χ1) is 21.8. The van der Waals surface area contributed by atoms with Gasteiger partial charge in [-0.25, -0.2) is 15.0 Å². The summed E-state index contributed by atoms with van der Waals surface area (Å²) in [4.78, 5) is 15.1. The molecule has 0 unspecified atom stereocenters. The predicted molar refractivity (Wildman–Crippen MR) is 183 cm³/mol. The smallest absolute Gasteiger partial charge is 0.181 e. The van der Waals surface area contributed by atoms with Gasteiger partial charge < -0.3 is 0 Å². The Balaban J connectivity index is 1.38. The predicted octanol–water partition coefficient (Wildman–Crippen LogP) is 6.15. The maximum absolute atomic E-state index is 5.09. The molecule has 0 bridgehead atoms. The second-order valence-corrected chi connectivity index (χ2v) is 14.9. The Morgan fingerprint density at radius 3 is 1.45 bits per heavy atom. The van der Waals surface area contributed by atoms with Crippen molar-refractivity contribution in [1.29, 1.82) is 0 Å². The van der Waals surface area contributed by atoms with E-state index in [1.165, 1.54) is 37.4 Å². The normalized spacial score (nSPS) is 12.8. The lowest BCUT2D eigenvalue weighted by atomic mass is 10.0. The summed E-state index contributed by atoms with van der Waals surface area (Å²) in [5, 5.41) is 5.64. The van der Waals surface area contributed by atoms with Gasteiger partial charge >= 0.3 is 0 Å². The van der Waals surface area contributed by atoms with Crippen LogP contribution in [0.4, 0.5) is 0 Å². The molecule has 0 amide bonds. The van der Waals surface area contributed by atoms with E-state index in [4.69, 9.17) is 15.0 Å². The summed E-state index contributed by atoms with van der Waals surface area (Å²) in [6, 6.07) is 58.5. The summed E-state index contributed by atoms with van der Waals surface area (Å²) in [5.74, 6) is 2.16. The molecular weight excluding hydrogens is 551 g/mol. The van der Waals surface area contributed by atoms with Gasteiger partial charge in [0.15, 0.2) is 19.7 Å². The van der Waals surface area contributed by atoms with Crippen LogP contribution in [0.2, 0.25) is 0 Å². The Labute approximate surface area is 258 Å². The van der Waals surface area contributed by atoms with Crippen LogP contribution in [-0.4, -0.2) is 23.0 Å². The zero-order chi connectivity index (χ0) is 29.3. The van der Waals surface area contributed by atoms with E-state index < -0.39 is 8.07 Å². The van der Waals surface area contributed by atoms with E-state index in [9.17, 15) is 0 Å². The van der Waals surface area contributed by atoms with Gasteiger partial charge in [0.25, 0.3) is 0 Å². The molecule has 0 fully saturated rings. The molecule has 0 N–H and O–H groups in total. The molecular formula is C40H29N3Si. The van der Waals surface area contributed by atoms with Gasteiger partial charge in [-0.3, -0.25) is 0 Å². The van der Waals surface area contributed by atoms with Crippen LogP contribution >= 0.6 is 0 Å². The summed E-state index contributed by atoms with van der Waals surface area (Å²) in [6.45, 7) is 0. The number of hydrogen-bond donors (Lipinski definition) is 0. The van der Waals surface area contributed by atoms with E-state index in [1.807, 2.05) is 36.4 Å². The van der Waals surface area contributed by atoms with Crippen LogP contribution in [0.3, 0.4) is 0 Å². The van der Waals surface area contributed by atoms with Crippen LogP contribution in [0.25, 0.3) is 33.9 Å². The van der Waals surface area contributed by atoms with Crippen LogP contribution in [0.1, 0.15) is 11.4 Å². The van der Waals surface area contributed by atoms with Crippen molar-refractivity contribution >= 4 is 28.8 Å². The molecule has 0 saturated heterocycles. The maximum Gasteiger partial charge on any atom is 0.181 e. The van der Waals surface area contributed by atoms with Crippen LogP contribution in [0.5, 0.6) is 0 Å². The molecule has 1 aromatic heterocycles. The van der Waals surface area contributed by atoms with Crippen molar-refractivity contribution < 1.29 is 0 Å². The van der Waals surface area contributed by atoms with Crippen molar-refractivity contribution in [2.24, 2.45) is 0 Å². The van der Waals surface area contributed by atoms with Gasteiger partial charge in [0.1, 0.15) is 5.82 Å². The van der Waals surface area contributed by atoms with E-state index in [1.54, 1.807) is 0 Å². The molecule has 3 nitrogen and oxygen atoms in total. The molecule has 2 heterocycles. The summed E-state index contributed by atoms with van der Waals surface area (Å²) in [5.41, 5.74) is 5.88. The molecule has 0 aliphatic carbocycles. The molecule has 7 aromatic rings. The molecule has 0 spiro atoms. The average Bonchev–Trinajstić information content (AvgIpc) is 3.42. The fraction of sp³-hybridized carbons (Fsp3) is 0.0250. The van der Waals surface area contributed by atoms with Gasteiger partial charge in [-0.2, -0.15) is 0 Å². The minimum Gasteiger partial charge on any atom is -0.213 e. The Morgan fingerprint density at radius 2 is 0.886 bits per heavy atom. The fourth-order valence-electron chi connectivity index (χ4n) is 6.84. The SMILES string of the molecule is c1ccc(-c2nc(Cc3cccc4c3[Si](c3ccccc3)(c3ccccc3)c3ccccc3-4)nc(-c3ccccc3)n2)cc1. The third kappa shape index (κ3) is 4.31. The number of rotatable bonds is 6. The molecule has 8 rings (SSSR count). The van der Waals surface area contributed by atoms with Crippen LogP contribution in [-0.2, 0) is 6.42 Å². The van der Waals surface area contributed by atoms with Crippen LogP contribution in [0, 0.1) is 0 Å². The second kappa shape index (κ2) is 11.0. The molecule has 208 valence electrons. The van der Waals surface area contributed by atoms with E-state index >= 15 is 0 Å². The van der Waals surface area contributed by atoms with Crippen molar-refractivity contribution in [2.45, 2.75) is 6.42 Å². The number of benzene rings is 6. The molecule has 6 aromatic carbocycles. The molecule has 44 heavy (non-hydrogen) atoms. The van der Waals surface area contributed by atoms with E-state index in [-0.39, 0.29) is 0 Å². The quantitative estimate of drug-likeness (QED) is 0.222. The summed E-state index contributed by atoms with van der Waals surface area (Å²) >= 11 is 0. The molecule has 0 radical (unpaired) electrons. The molecule has 4 heteroatoms. The average molecular weight is 580 g/mol. The van der Waals surface area contributed by atoms with Gasteiger partial charge in [-0.1, -0.05) is 164 Å². The zero-order valence-electron chi connectivity index (χ0n) is 24.1. The molecule has 1 aliphatic heterocycles. The fourth-order valence-corrected chi connectivity index (χ4v) is 12.3. The topological polar surface area (TPSA) is 38.7 Å². The van der Waals surface area contributed by atoms with E-state index in [0.717, 1.165) is 17.0 Å². The van der Waals surface area contributed by atoms with E-state index in [0.29, 0.717) is 18.1 Å². The van der Waals surface area contributed by atoms with E-state index in [2.05, 4.69) is 127 Å². The largest absolute Gasteiger partial charge is 0.213 e.